The van der Waals surface area contributed by atoms with E-state index in [-0.39, 0.29) is 11.7 Å². The number of benzene rings is 3. The molecular formula is C26H29FN3O+. The summed E-state index contributed by atoms with van der Waals surface area (Å²) >= 11 is 0. The number of hydrogen-bond acceptors (Lipinski definition) is 2. The lowest BCUT2D eigenvalue weighted by molar-refractivity contribution is -0.914. The van der Waals surface area contributed by atoms with Crippen LogP contribution in [-0.4, -0.2) is 32.1 Å². The largest absolute Gasteiger partial charge is 0.360 e. The lowest BCUT2D eigenvalue weighted by Gasteiger charge is -2.33. The predicted octanol–water partition coefficient (Wildman–Crippen LogP) is 3.30. The van der Waals surface area contributed by atoms with Crippen molar-refractivity contribution in [2.75, 3.05) is 36.4 Å². The topological polar surface area (TPSA) is 36.8 Å². The maximum atomic E-state index is 13.0. The number of amides is 1. The smallest absolute Gasteiger partial charge is 0.224 e. The molecule has 1 saturated heterocycles. The Bertz CT molecular complexity index is 966. The number of piperazine rings is 1. The molecule has 0 unspecified atom stereocenters. The number of nitrogens with one attached hydrogen (secondary N) is 2. The zero-order valence-corrected chi connectivity index (χ0v) is 17.7. The average molecular weight is 419 g/mol. The van der Waals surface area contributed by atoms with Crippen LogP contribution in [0.2, 0.25) is 0 Å². The summed E-state index contributed by atoms with van der Waals surface area (Å²) in [5, 5.41) is 2.95. The van der Waals surface area contributed by atoms with Crippen molar-refractivity contribution in [3.63, 3.8) is 0 Å². The summed E-state index contributed by atoms with van der Waals surface area (Å²) in [5.74, 6) is -0.289. The molecule has 160 valence electrons. The second-order valence-corrected chi connectivity index (χ2v) is 8.12. The lowest BCUT2D eigenvalue weighted by atomic mass is 10.1. The van der Waals surface area contributed by atoms with Gasteiger partial charge in [0.15, 0.2) is 0 Å². The van der Waals surface area contributed by atoms with Gasteiger partial charge in [-0.15, -0.1) is 0 Å². The molecule has 1 amide bonds. The van der Waals surface area contributed by atoms with E-state index in [2.05, 4.69) is 52.7 Å². The number of quaternary nitrogens is 1. The number of hydrogen-bond donors (Lipinski definition) is 2. The van der Waals surface area contributed by atoms with Gasteiger partial charge in [-0.3, -0.25) is 4.79 Å². The first-order valence-corrected chi connectivity index (χ1v) is 10.9. The summed E-state index contributed by atoms with van der Waals surface area (Å²) in [6.07, 6.45) is 0.972. The molecule has 31 heavy (non-hydrogen) atoms. The summed E-state index contributed by atoms with van der Waals surface area (Å²) in [6.45, 7) is 5.39. The molecule has 4 nitrogen and oxygen atoms in total. The minimum atomic E-state index is -0.257. The van der Waals surface area contributed by atoms with Crippen LogP contribution in [-0.2, 0) is 17.8 Å². The minimum Gasteiger partial charge on any atom is -0.360 e. The van der Waals surface area contributed by atoms with E-state index in [1.54, 1.807) is 17.0 Å². The summed E-state index contributed by atoms with van der Waals surface area (Å²) in [6, 6.07) is 25.1. The van der Waals surface area contributed by atoms with E-state index in [9.17, 15) is 9.18 Å². The second-order valence-electron chi connectivity index (χ2n) is 8.12. The molecule has 5 heteroatoms. The Morgan fingerprint density at radius 2 is 1.55 bits per heavy atom. The fraction of sp³-hybridized carbons (Fsp3) is 0.269. The molecular weight excluding hydrogens is 389 g/mol. The fourth-order valence-electron chi connectivity index (χ4n) is 4.03. The first-order chi connectivity index (χ1) is 15.2. The zero-order valence-electron chi connectivity index (χ0n) is 17.7. The Hall–Kier alpha value is -3.18. The van der Waals surface area contributed by atoms with Crippen LogP contribution in [0.5, 0.6) is 0 Å². The van der Waals surface area contributed by atoms with Crippen LogP contribution in [0.15, 0.2) is 78.9 Å². The van der Waals surface area contributed by atoms with E-state index in [0.717, 1.165) is 44.0 Å². The van der Waals surface area contributed by atoms with Gasteiger partial charge in [0.05, 0.1) is 26.2 Å². The standard InChI is InChI=1S/C26H28FN3O/c27-23-9-6-21(7-10-23)8-15-26(31)28-24-11-13-25(14-12-24)30-18-16-29(17-19-30)20-22-4-2-1-3-5-22/h1-7,9-14H,8,15-20H2,(H,28,31)/p+1. The van der Waals surface area contributed by atoms with Crippen molar-refractivity contribution < 1.29 is 14.1 Å². The van der Waals surface area contributed by atoms with E-state index >= 15 is 0 Å². The van der Waals surface area contributed by atoms with Crippen LogP contribution in [0.25, 0.3) is 0 Å². The van der Waals surface area contributed by atoms with E-state index < -0.39 is 0 Å². The van der Waals surface area contributed by atoms with Crippen LogP contribution in [0, 0.1) is 5.82 Å². The third kappa shape index (κ3) is 6.15. The van der Waals surface area contributed by atoms with Gasteiger partial charge in [-0.05, 0) is 48.4 Å². The van der Waals surface area contributed by atoms with Crippen molar-refractivity contribution in [3.05, 3.63) is 95.8 Å². The van der Waals surface area contributed by atoms with E-state index in [0.29, 0.717) is 12.8 Å². The molecule has 1 fully saturated rings. The SMILES string of the molecule is O=C(CCc1ccc(F)cc1)Nc1ccc(N2CC[NH+](Cc3ccccc3)CC2)cc1. The van der Waals surface area contributed by atoms with Crippen molar-refractivity contribution in [1.29, 1.82) is 0 Å². The minimum absolute atomic E-state index is 0.0322. The molecule has 0 aromatic heterocycles. The van der Waals surface area contributed by atoms with Crippen LogP contribution < -0.4 is 15.1 Å². The van der Waals surface area contributed by atoms with Crippen molar-refractivity contribution in [2.45, 2.75) is 19.4 Å². The highest BCUT2D eigenvalue weighted by molar-refractivity contribution is 5.91. The number of aryl methyl sites for hydroxylation is 1. The van der Waals surface area contributed by atoms with Crippen molar-refractivity contribution >= 4 is 17.3 Å². The van der Waals surface area contributed by atoms with Crippen molar-refractivity contribution in [1.82, 2.24) is 0 Å². The Kier molecular flexibility index (Phi) is 6.95. The highest BCUT2D eigenvalue weighted by Gasteiger charge is 2.20. The van der Waals surface area contributed by atoms with Crippen molar-refractivity contribution in [2.24, 2.45) is 0 Å². The third-order valence-corrected chi connectivity index (χ3v) is 5.84. The van der Waals surface area contributed by atoms with Gasteiger partial charge in [0.2, 0.25) is 5.91 Å². The van der Waals surface area contributed by atoms with Gasteiger partial charge in [-0.1, -0.05) is 42.5 Å². The first-order valence-electron chi connectivity index (χ1n) is 10.9. The zero-order chi connectivity index (χ0) is 21.5. The van der Waals surface area contributed by atoms with Gasteiger partial charge < -0.3 is 15.1 Å². The second kappa shape index (κ2) is 10.2. The Labute approximate surface area is 183 Å². The Morgan fingerprint density at radius 1 is 0.871 bits per heavy atom. The molecule has 1 aliphatic heterocycles. The predicted molar refractivity (Wildman–Crippen MR) is 123 cm³/mol. The normalized spacial score (nSPS) is 14.4. The first kappa shape index (κ1) is 21.1. The maximum Gasteiger partial charge on any atom is 0.224 e. The monoisotopic (exact) mass is 418 g/mol. The van der Waals surface area contributed by atoms with Gasteiger partial charge in [0, 0.05) is 23.4 Å². The van der Waals surface area contributed by atoms with Gasteiger partial charge in [0.1, 0.15) is 12.4 Å². The highest BCUT2D eigenvalue weighted by atomic mass is 19.1. The molecule has 0 bridgehead atoms. The molecule has 1 heterocycles. The van der Waals surface area contributed by atoms with Gasteiger partial charge in [0.25, 0.3) is 0 Å². The average Bonchev–Trinajstić information content (AvgIpc) is 2.80. The molecule has 0 radical (unpaired) electrons. The number of rotatable bonds is 7. The quantitative estimate of drug-likeness (QED) is 0.618. The van der Waals surface area contributed by atoms with E-state index in [1.807, 2.05) is 12.1 Å². The van der Waals surface area contributed by atoms with E-state index in [1.165, 1.54) is 23.4 Å². The van der Waals surface area contributed by atoms with Gasteiger partial charge >= 0.3 is 0 Å². The molecule has 3 aromatic rings. The molecule has 1 aliphatic rings. The lowest BCUT2D eigenvalue weighted by Crippen LogP contribution is -3.13. The maximum absolute atomic E-state index is 13.0. The summed E-state index contributed by atoms with van der Waals surface area (Å²) < 4.78 is 13.0. The molecule has 2 N–H and O–H groups in total. The molecule has 0 spiro atoms. The Balaban J connectivity index is 1.23. The molecule has 4 rings (SSSR count). The summed E-state index contributed by atoms with van der Waals surface area (Å²) in [5.41, 5.74) is 4.36. The van der Waals surface area contributed by atoms with Crippen LogP contribution >= 0.6 is 0 Å². The van der Waals surface area contributed by atoms with Crippen LogP contribution in [0.3, 0.4) is 0 Å². The highest BCUT2D eigenvalue weighted by Crippen LogP contribution is 2.18. The van der Waals surface area contributed by atoms with Gasteiger partial charge in [-0.2, -0.15) is 0 Å². The molecule has 3 aromatic carbocycles. The summed E-state index contributed by atoms with van der Waals surface area (Å²) in [4.78, 5) is 16.3. The van der Waals surface area contributed by atoms with Crippen LogP contribution in [0.1, 0.15) is 17.5 Å². The Morgan fingerprint density at radius 3 is 2.23 bits per heavy atom. The fourth-order valence-corrected chi connectivity index (χ4v) is 4.03. The number of halogens is 1. The molecule has 0 atom stereocenters. The number of nitrogens with zero attached hydrogens (tertiary/aromatic N) is 1. The summed E-state index contributed by atoms with van der Waals surface area (Å²) in [7, 11) is 0. The third-order valence-electron chi connectivity index (χ3n) is 5.84. The number of carbonyl (C=O) groups is 1. The van der Waals surface area contributed by atoms with Crippen molar-refractivity contribution in [3.8, 4) is 0 Å². The number of carbonyl (C=O) groups excluding carboxylic acids is 1. The van der Waals surface area contributed by atoms with Crippen LogP contribution in [0.4, 0.5) is 15.8 Å². The van der Waals surface area contributed by atoms with Gasteiger partial charge in [-0.25, -0.2) is 4.39 Å². The molecule has 0 saturated carbocycles. The number of anilines is 2. The molecule has 0 aliphatic carbocycles. The van der Waals surface area contributed by atoms with E-state index in [4.69, 9.17) is 0 Å².